The molecule has 0 bridgehead atoms. The average molecular weight is 301 g/mol. The minimum absolute atomic E-state index is 0.265. The summed E-state index contributed by atoms with van der Waals surface area (Å²) in [5.74, 6) is 1.83. The second-order valence-corrected chi connectivity index (χ2v) is 4.96. The van der Waals surface area contributed by atoms with Crippen molar-refractivity contribution in [3.05, 3.63) is 48.0 Å². The first-order chi connectivity index (χ1) is 10.7. The number of phenolic OH excluding ortho intramolecular Hbond substituents is 1. The largest absolute Gasteiger partial charge is 0.508 e. The van der Waals surface area contributed by atoms with E-state index in [9.17, 15) is 5.11 Å². The molecule has 0 heterocycles. The monoisotopic (exact) mass is 301 g/mol. The Kier molecular flexibility index (Phi) is 5.95. The first-order valence-corrected chi connectivity index (χ1v) is 7.64. The van der Waals surface area contributed by atoms with Crippen molar-refractivity contribution in [1.29, 1.82) is 0 Å². The molecule has 22 heavy (non-hydrogen) atoms. The Balaban J connectivity index is 2.04. The normalized spacial score (nSPS) is 10.3. The molecule has 0 aliphatic rings. The minimum atomic E-state index is 0.265. The summed E-state index contributed by atoms with van der Waals surface area (Å²) in [7, 11) is 0. The highest BCUT2D eigenvalue weighted by Gasteiger charge is 2.06. The zero-order valence-electron chi connectivity index (χ0n) is 13.1. The van der Waals surface area contributed by atoms with E-state index < -0.39 is 0 Å². The zero-order valence-corrected chi connectivity index (χ0v) is 13.1. The Morgan fingerprint density at radius 2 is 1.73 bits per heavy atom. The molecule has 4 nitrogen and oxygen atoms in total. The van der Waals surface area contributed by atoms with Gasteiger partial charge in [0.1, 0.15) is 5.75 Å². The van der Waals surface area contributed by atoms with Gasteiger partial charge in [-0.2, -0.15) is 0 Å². The Labute approximate surface area is 131 Å². The lowest BCUT2D eigenvalue weighted by Gasteiger charge is -2.13. The highest BCUT2D eigenvalue weighted by Crippen LogP contribution is 2.29. The summed E-state index contributed by atoms with van der Waals surface area (Å²) in [4.78, 5) is 0. The van der Waals surface area contributed by atoms with Gasteiger partial charge in [0, 0.05) is 12.2 Å². The SMILES string of the molecule is CCCOc1ccc(CNc2ccc(O)cc2)cc1OCC. The molecule has 0 saturated heterocycles. The lowest BCUT2D eigenvalue weighted by atomic mass is 10.2. The third-order valence-electron chi connectivity index (χ3n) is 3.13. The molecule has 0 amide bonds. The number of ether oxygens (including phenoxy) is 2. The van der Waals surface area contributed by atoms with Gasteiger partial charge in [0.25, 0.3) is 0 Å². The van der Waals surface area contributed by atoms with Crippen LogP contribution in [0.4, 0.5) is 5.69 Å². The van der Waals surface area contributed by atoms with Crippen molar-refractivity contribution in [2.45, 2.75) is 26.8 Å². The number of hydrogen-bond acceptors (Lipinski definition) is 4. The standard InChI is InChI=1S/C18H23NO3/c1-3-11-22-17-10-5-14(12-18(17)21-4-2)13-19-15-6-8-16(20)9-7-15/h5-10,12,19-20H,3-4,11,13H2,1-2H3. The van der Waals surface area contributed by atoms with Crippen molar-refractivity contribution >= 4 is 5.69 Å². The molecule has 0 aromatic heterocycles. The summed E-state index contributed by atoms with van der Waals surface area (Å²) in [6.45, 7) is 6.02. The molecule has 0 aliphatic carbocycles. The van der Waals surface area contributed by atoms with E-state index in [2.05, 4.69) is 12.2 Å². The van der Waals surface area contributed by atoms with Gasteiger partial charge in [0.15, 0.2) is 11.5 Å². The summed E-state index contributed by atoms with van der Waals surface area (Å²) in [6, 6.07) is 13.0. The van der Waals surface area contributed by atoms with Gasteiger partial charge in [0.05, 0.1) is 13.2 Å². The summed E-state index contributed by atoms with van der Waals surface area (Å²) >= 11 is 0. The lowest BCUT2D eigenvalue weighted by molar-refractivity contribution is 0.276. The van der Waals surface area contributed by atoms with E-state index in [4.69, 9.17) is 9.47 Å². The Bertz CT molecular complexity index is 581. The Morgan fingerprint density at radius 1 is 0.955 bits per heavy atom. The van der Waals surface area contributed by atoms with Gasteiger partial charge < -0.3 is 19.9 Å². The highest BCUT2D eigenvalue weighted by molar-refractivity contribution is 5.48. The molecular weight excluding hydrogens is 278 g/mol. The predicted molar refractivity (Wildman–Crippen MR) is 88.8 cm³/mol. The van der Waals surface area contributed by atoms with Crippen molar-refractivity contribution in [3.8, 4) is 17.2 Å². The van der Waals surface area contributed by atoms with Crippen LogP contribution in [0.3, 0.4) is 0 Å². The number of anilines is 1. The fourth-order valence-corrected chi connectivity index (χ4v) is 2.05. The van der Waals surface area contributed by atoms with E-state index in [1.54, 1.807) is 12.1 Å². The molecule has 0 saturated carbocycles. The molecular formula is C18H23NO3. The topological polar surface area (TPSA) is 50.7 Å². The first-order valence-electron chi connectivity index (χ1n) is 7.64. The van der Waals surface area contributed by atoms with E-state index >= 15 is 0 Å². The van der Waals surface area contributed by atoms with Crippen molar-refractivity contribution < 1.29 is 14.6 Å². The molecule has 2 aromatic carbocycles. The van der Waals surface area contributed by atoms with E-state index in [0.717, 1.165) is 29.2 Å². The van der Waals surface area contributed by atoms with Gasteiger partial charge in [-0.15, -0.1) is 0 Å². The van der Waals surface area contributed by atoms with Crippen LogP contribution < -0.4 is 14.8 Å². The Morgan fingerprint density at radius 3 is 2.41 bits per heavy atom. The molecule has 0 unspecified atom stereocenters. The highest BCUT2D eigenvalue weighted by atomic mass is 16.5. The molecule has 0 fully saturated rings. The van der Waals surface area contributed by atoms with Gasteiger partial charge in [-0.25, -0.2) is 0 Å². The Hall–Kier alpha value is -2.36. The van der Waals surface area contributed by atoms with Crippen LogP contribution in [0, 0.1) is 0 Å². The lowest BCUT2D eigenvalue weighted by Crippen LogP contribution is -2.03. The summed E-state index contributed by atoms with van der Waals surface area (Å²) < 4.78 is 11.4. The third kappa shape index (κ3) is 4.58. The van der Waals surface area contributed by atoms with Gasteiger partial charge >= 0.3 is 0 Å². The maximum Gasteiger partial charge on any atom is 0.161 e. The second-order valence-electron chi connectivity index (χ2n) is 4.96. The van der Waals surface area contributed by atoms with Gasteiger partial charge in [-0.3, -0.25) is 0 Å². The fourth-order valence-electron chi connectivity index (χ4n) is 2.05. The van der Waals surface area contributed by atoms with Crippen LogP contribution in [0.5, 0.6) is 17.2 Å². The molecule has 0 spiro atoms. The first kappa shape index (κ1) is 16.0. The van der Waals surface area contributed by atoms with Crippen LogP contribution in [-0.4, -0.2) is 18.3 Å². The molecule has 118 valence electrons. The number of hydrogen-bond donors (Lipinski definition) is 2. The number of aromatic hydroxyl groups is 1. The maximum absolute atomic E-state index is 9.28. The van der Waals surface area contributed by atoms with Crippen LogP contribution in [0.2, 0.25) is 0 Å². The van der Waals surface area contributed by atoms with Crippen LogP contribution in [0.1, 0.15) is 25.8 Å². The third-order valence-corrected chi connectivity index (χ3v) is 3.13. The summed E-state index contributed by atoms with van der Waals surface area (Å²) in [6.07, 6.45) is 0.968. The zero-order chi connectivity index (χ0) is 15.8. The smallest absolute Gasteiger partial charge is 0.161 e. The van der Waals surface area contributed by atoms with Crippen LogP contribution >= 0.6 is 0 Å². The van der Waals surface area contributed by atoms with Crippen LogP contribution in [-0.2, 0) is 6.54 Å². The second kappa shape index (κ2) is 8.17. The van der Waals surface area contributed by atoms with Crippen molar-refractivity contribution in [2.24, 2.45) is 0 Å². The molecule has 4 heteroatoms. The maximum atomic E-state index is 9.28. The minimum Gasteiger partial charge on any atom is -0.508 e. The van der Waals surface area contributed by atoms with Gasteiger partial charge in [0.2, 0.25) is 0 Å². The summed E-state index contributed by atoms with van der Waals surface area (Å²) in [5, 5.41) is 12.6. The quantitative estimate of drug-likeness (QED) is 0.718. The van der Waals surface area contributed by atoms with Crippen molar-refractivity contribution in [2.75, 3.05) is 18.5 Å². The average Bonchev–Trinajstić information content (AvgIpc) is 2.54. The molecule has 0 radical (unpaired) electrons. The van der Waals surface area contributed by atoms with Crippen LogP contribution in [0.25, 0.3) is 0 Å². The van der Waals surface area contributed by atoms with E-state index in [0.29, 0.717) is 19.8 Å². The number of nitrogens with one attached hydrogen (secondary N) is 1. The predicted octanol–water partition coefficient (Wildman–Crippen LogP) is 4.19. The number of benzene rings is 2. The molecule has 2 N–H and O–H groups in total. The molecule has 0 aliphatic heterocycles. The van der Waals surface area contributed by atoms with Crippen molar-refractivity contribution in [3.63, 3.8) is 0 Å². The van der Waals surface area contributed by atoms with E-state index in [1.165, 1.54) is 0 Å². The van der Waals surface area contributed by atoms with E-state index in [1.807, 2.05) is 37.3 Å². The number of rotatable bonds is 8. The van der Waals surface area contributed by atoms with Crippen molar-refractivity contribution in [1.82, 2.24) is 0 Å². The van der Waals surface area contributed by atoms with Gasteiger partial charge in [-0.1, -0.05) is 13.0 Å². The molecule has 2 rings (SSSR count). The van der Waals surface area contributed by atoms with Gasteiger partial charge in [-0.05, 0) is 55.3 Å². The fraction of sp³-hybridized carbons (Fsp3) is 0.333. The molecule has 0 atom stereocenters. The van der Waals surface area contributed by atoms with Crippen LogP contribution in [0.15, 0.2) is 42.5 Å². The number of phenols is 1. The van der Waals surface area contributed by atoms with E-state index in [-0.39, 0.29) is 5.75 Å². The molecule has 2 aromatic rings. The summed E-state index contributed by atoms with van der Waals surface area (Å²) in [5.41, 5.74) is 2.07.